The second-order valence-corrected chi connectivity index (χ2v) is 9.79. The maximum Gasteiger partial charge on any atom is 0.419 e. The second kappa shape index (κ2) is 9.30. The molecular formula is C23H18F4N2O3S2. The molecule has 0 radical (unpaired) electrons. The number of aliphatic carboxylic acids is 1. The number of carbonyl (C=O) groups is 1. The van der Waals surface area contributed by atoms with Crippen molar-refractivity contribution < 1.29 is 32.2 Å². The van der Waals surface area contributed by atoms with Crippen LogP contribution < -0.4 is 4.74 Å². The number of aromatic nitrogens is 2. The van der Waals surface area contributed by atoms with Gasteiger partial charge in [0.2, 0.25) is 0 Å². The van der Waals surface area contributed by atoms with Crippen LogP contribution in [0.25, 0.3) is 20.8 Å². The number of hydrogen-bond donors (Lipinski definition) is 1. The van der Waals surface area contributed by atoms with Crippen molar-refractivity contribution in [1.29, 1.82) is 0 Å². The van der Waals surface area contributed by atoms with E-state index in [1.807, 2.05) is 19.1 Å². The van der Waals surface area contributed by atoms with E-state index in [0.717, 1.165) is 26.7 Å². The number of ether oxygens (including phenoxy) is 1. The molecule has 0 saturated heterocycles. The van der Waals surface area contributed by atoms with Gasteiger partial charge in [0.15, 0.2) is 0 Å². The summed E-state index contributed by atoms with van der Waals surface area (Å²) in [4.78, 5) is 20.5. The van der Waals surface area contributed by atoms with Gasteiger partial charge in [-0.05, 0) is 43.7 Å². The molecule has 0 atom stereocenters. The van der Waals surface area contributed by atoms with E-state index in [-0.39, 0.29) is 18.6 Å². The van der Waals surface area contributed by atoms with Crippen molar-refractivity contribution in [3.8, 4) is 16.3 Å². The van der Waals surface area contributed by atoms with Crippen molar-refractivity contribution in [2.45, 2.75) is 39.5 Å². The van der Waals surface area contributed by atoms with Crippen LogP contribution in [0.4, 0.5) is 17.6 Å². The topological polar surface area (TPSA) is 72.3 Å². The largest absolute Gasteiger partial charge is 0.486 e. The van der Waals surface area contributed by atoms with Crippen LogP contribution in [-0.4, -0.2) is 21.0 Å². The van der Waals surface area contributed by atoms with E-state index in [9.17, 15) is 22.4 Å². The van der Waals surface area contributed by atoms with E-state index in [4.69, 9.17) is 9.84 Å². The van der Waals surface area contributed by atoms with E-state index in [1.54, 1.807) is 6.92 Å². The molecule has 2 aromatic heterocycles. The number of nitrogens with zero attached hydrogens (tertiary/aromatic N) is 2. The summed E-state index contributed by atoms with van der Waals surface area (Å²) in [7, 11) is 0. The van der Waals surface area contributed by atoms with Crippen molar-refractivity contribution in [1.82, 2.24) is 9.97 Å². The molecule has 2 heterocycles. The first-order valence-corrected chi connectivity index (χ1v) is 11.7. The summed E-state index contributed by atoms with van der Waals surface area (Å²) < 4.78 is 59.3. The van der Waals surface area contributed by atoms with Crippen LogP contribution in [0.1, 0.15) is 33.1 Å². The zero-order valence-corrected chi connectivity index (χ0v) is 19.6. The Balaban J connectivity index is 1.56. The smallest absolute Gasteiger partial charge is 0.419 e. The van der Waals surface area contributed by atoms with E-state index in [1.165, 1.54) is 28.7 Å². The lowest BCUT2D eigenvalue weighted by Gasteiger charge is -2.08. The number of halogens is 4. The van der Waals surface area contributed by atoms with E-state index >= 15 is 0 Å². The molecule has 0 fully saturated rings. The molecule has 0 aliphatic rings. The number of fused-ring (bicyclic) bond motifs is 1. The predicted molar refractivity (Wildman–Crippen MR) is 122 cm³/mol. The average Bonchev–Trinajstić information content (AvgIpc) is 3.32. The maximum absolute atomic E-state index is 14.0. The third kappa shape index (κ3) is 5.20. The standard InChI is InChI=1S/C23H18F4N2O3S2/c1-11-7-16-21(34-19(29-16)5-6-20(30)31)17(8-11)32-10-18-12(2)28-22(33-18)13-3-4-14(15(24)9-13)23(25,26)27/h3-4,7-9H,5-6,10H2,1-2H3,(H,30,31). The van der Waals surface area contributed by atoms with E-state index in [2.05, 4.69) is 9.97 Å². The summed E-state index contributed by atoms with van der Waals surface area (Å²) in [5, 5.41) is 10.0. The van der Waals surface area contributed by atoms with Gasteiger partial charge in [-0.3, -0.25) is 4.79 Å². The van der Waals surface area contributed by atoms with Gasteiger partial charge in [0.25, 0.3) is 0 Å². The minimum atomic E-state index is -4.76. The number of carboxylic acid groups (broad SMARTS) is 1. The third-order valence-corrected chi connectivity index (χ3v) is 7.30. The fourth-order valence-electron chi connectivity index (χ4n) is 3.32. The van der Waals surface area contributed by atoms with Gasteiger partial charge < -0.3 is 9.84 Å². The van der Waals surface area contributed by atoms with Crippen LogP contribution in [0.2, 0.25) is 0 Å². The normalized spacial score (nSPS) is 11.8. The number of rotatable bonds is 7. The van der Waals surface area contributed by atoms with Gasteiger partial charge in [-0.15, -0.1) is 22.7 Å². The van der Waals surface area contributed by atoms with Gasteiger partial charge in [0, 0.05) is 12.0 Å². The number of carboxylic acids is 1. The molecule has 0 unspecified atom stereocenters. The Labute approximate surface area is 199 Å². The van der Waals surface area contributed by atoms with Crippen LogP contribution >= 0.6 is 22.7 Å². The number of hydrogen-bond acceptors (Lipinski definition) is 6. The number of aryl methyl sites for hydroxylation is 3. The van der Waals surface area contributed by atoms with Gasteiger partial charge in [-0.2, -0.15) is 13.2 Å². The van der Waals surface area contributed by atoms with Crippen molar-refractivity contribution >= 4 is 38.9 Å². The quantitative estimate of drug-likeness (QED) is 0.277. The Morgan fingerprint density at radius 1 is 1.12 bits per heavy atom. The van der Waals surface area contributed by atoms with Gasteiger partial charge in [-0.1, -0.05) is 6.07 Å². The number of benzene rings is 2. The molecule has 0 aliphatic heterocycles. The molecular weight excluding hydrogens is 492 g/mol. The average molecular weight is 511 g/mol. The first-order chi connectivity index (χ1) is 16.0. The maximum atomic E-state index is 14.0. The highest BCUT2D eigenvalue weighted by Gasteiger charge is 2.34. The Bertz CT molecular complexity index is 1380. The SMILES string of the molecule is Cc1cc(OCc2sc(-c3ccc(C(F)(F)F)c(F)c3)nc2C)c2sc(CCC(=O)O)nc2c1. The summed E-state index contributed by atoms with van der Waals surface area (Å²) in [5.41, 5.74) is 1.23. The zero-order valence-electron chi connectivity index (χ0n) is 18.0. The summed E-state index contributed by atoms with van der Waals surface area (Å²) in [6, 6.07) is 6.52. The Kier molecular flexibility index (Phi) is 6.59. The van der Waals surface area contributed by atoms with E-state index < -0.39 is 23.5 Å². The second-order valence-electron chi connectivity index (χ2n) is 7.62. The van der Waals surface area contributed by atoms with Crippen LogP contribution in [0.3, 0.4) is 0 Å². The van der Waals surface area contributed by atoms with Crippen molar-refractivity contribution in [2.24, 2.45) is 0 Å². The summed E-state index contributed by atoms with van der Waals surface area (Å²) >= 11 is 2.59. The highest BCUT2D eigenvalue weighted by Crippen LogP contribution is 2.37. The first-order valence-electron chi connectivity index (χ1n) is 10.1. The van der Waals surface area contributed by atoms with E-state index in [0.29, 0.717) is 33.9 Å². The highest BCUT2D eigenvalue weighted by atomic mass is 32.1. The first kappa shape index (κ1) is 24.1. The van der Waals surface area contributed by atoms with Crippen LogP contribution in [0, 0.1) is 19.7 Å². The zero-order chi connectivity index (χ0) is 24.6. The minimum absolute atomic E-state index is 0.0115. The number of alkyl halides is 3. The van der Waals surface area contributed by atoms with Gasteiger partial charge in [0.05, 0.1) is 37.8 Å². The summed E-state index contributed by atoms with van der Waals surface area (Å²) in [5.74, 6) is -1.64. The van der Waals surface area contributed by atoms with Crippen LogP contribution in [0.15, 0.2) is 30.3 Å². The van der Waals surface area contributed by atoms with Crippen LogP contribution in [0.5, 0.6) is 5.75 Å². The van der Waals surface area contributed by atoms with Crippen molar-refractivity contribution in [2.75, 3.05) is 0 Å². The number of thiazole rings is 2. The fourth-order valence-corrected chi connectivity index (χ4v) is 5.30. The molecule has 4 aromatic rings. The molecule has 178 valence electrons. The molecule has 0 spiro atoms. The van der Waals surface area contributed by atoms with Gasteiger partial charge in [-0.25, -0.2) is 14.4 Å². The molecule has 0 bridgehead atoms. The summed E-state index contributed by atoms with van der Waals surface area (Å²) in [6.45, 7) is 3.81. The molecule has 0 amide bonds. The fraction of sp³-hybridized carbons (Fsp3) is 0.261. The lowest BCUT2D eigenvalue weighted by Crippen LogP contribution is -2.07. The van der Waals surface area contributed by atoms with Gasteiger partial charge in [0.1, 0.15) is 23.2 Å². The molecule has 4 rings (SSSR count). The lowest BCUT2D eigenvalue weighted by atomic mass is 10.1. The molecule has 11 heteroatoms. The Morgan fingerprint density at radius 3 is 2.56 bits per heavy atom. The Hall–Kier alpha value is -3.05. The Morgan fingerprint density at radius 2 is 1.88 bits per heavy atom. The predicted octanol–water partition coefficient (Wildman–Crippen LogP) is 6.79. The van der Waals surface area contributed by atoms with Crippen LogP contribution in [-0.2, 0) is 24.0 Å². The molecule has 0 aliphatic carbocycles. The molecule has 5 nitrogen and oxygen atoms in total. The monoisotopic (exact) mass is 510 g/mol. The minimum Gasteiger partial charge on any atom is -0.486 e. The molecule has 34 heavy (non-hydrogen) atoms. The third-order valence-electron chi connectivity index (χ3n) is 4.97. The molecule has 1 N–H and O–H groups in total. The van der Waals surface area contributed by atoms with Gasteiger partial charge >= 0.3 is 12.1 Å². The highest BCUT2D eigenvalue weighted by molar-refractivity contribution is 7.19. The van der Waals surface area contributed by atoms with Crippen molar-refractivity contribution in [3.63, 3.8) is 0 Å². The lowest BCUT2D eigenvalue weighted by molar-refractivity contribution is -0.140. The summed E-state index contributed by atoms with van der Waals surface area (Å²) in [6.07, 6.45) is -4.44. The molecule has 2 aromatic carbocycles. The van der Waals surface area contributed by atoms with Crippen molar-refractivity contribution in [3.05, 3.63) is 62.9 Å². The molecule has 0 saturated carbocycles.